The van der Waals surface area contributed by atoms with Gasteiger partial charge in [0.1, 0.15) is 0 Å². The third-order valence-electron chi connectivity index (χ3n) is 3.75. The van der Waals surface area contributed by atoms with Crippen LogP contribution in [0.15, 0.2) is 10.5 Å². The summed E-state index contributed by atoms with van der Waals surface area (Å²) in [7, 11) is 0. The molecule has 0 unspecified atom stereocenters. The number of aryl methyl sites for hydroxylation is 1. The van der Waals surface area contributed by atoms with Crippen molar-refractivity contribution in [3.8, 4) is 0 Å². The SMILES string of the molecule is CCNc1c2c(nc3c(Cl)c(Cl)c(Br)cc13)CCCC2. The van der Waals surface area contributed by atoms with E-state index in [4.69, 9.17) is 28.2 Å². The first-order valence-corrected chi connectivity index (χ1v) is 8.41. The first-order valence-electron chi connectivity index (χ1n) is 6.86. The minimum absolute atomic E-state index is 0.531. The van der Waals surface area contributed by atoms with Gasteiger partial charge in [-0.25, -0.2) is 0 Å². The van der Waals surface area contributed by atoms with Crippen molar-refractivity contribution in [1.82, 2.24) is 4.98 Å². The number of rotatable bonds is 2. The molecule has 0 saturated carbocycles. The van der Waals surface area contributed by atoms with Crippen molar-refractivity contribution in [2.45, 2.75) is 32.6 Å². The highest BCUT2D eigenvalue weighted by Crippen LogP contribution is 2.41. The zero-order valence-corrected chi connectivity index (χ0v) is 14.3. The Morgan fingerprint density at radius 3 is 2.75 bits per heavy atom. The second-order valence-electron chi connectivity index (χ2n) is 5.03. The van der Waals surface area contributed by atoms with Crippen LogP contribution in [-0.2, 0) is 12.8 Å². The molecule has 1 aromatic heterocycles. The number of pyridine rings is 1. The average Bonchev–Trinajstić information content (AvgIpc) is 2.46. The van der Waals surface area contributed by atoms with E-state index < -0.39 is 0 Å². The highest BCUT2D eigenvalue weighted by molar-refractivity contribution is 9.10. The Morgan fingerprint density at radius 1 is 1.25 bits per heavy atom. The highest BCUT2D eigenvalue weighted by atomic mass is 79.9. The van der Waals surface area contributed by atoms with Crippen LogP contribution in [0.1, 0.15) is 31.0 Å². The topological polar surface area (TPSA) is 24.9 Å². The molecule has 0 saturated heterocycles. The Labute approximate surface area is 137 Å². The van der Waals surface area contributed by atoms with E-state index >= 15 is 0 Å². The maximum Gasteiger partial charge on any atom is 0.0928 e. The molecule has 20 heavy (non-hydrogen) atoms. The summed E-state index contributed by atoms with van der Waals surface area (Å²) in [6, 6.07) is 2.02. The highest BCUT2D eigenvalue weighted by Gasteiger charge is 2.21. The van der Waals surface area contributed by atoms with Gasteiger partial charge in [0.15, 0.2) is 0 Å². The van der Waals surface area contributed by atoms with Crippen LogP contribution in [0.25, 0.3) is 10.9 Å². The van der Waals surface area contributed by atoms with Gasteiger partial charge in [-0.3, -0.25) is 4.98 Å². The second kappa shape index (κ2) is 5.70. The zero-order chi connectivity index (χ0) is 14.3. The first kappa shape index (κ1) is 14.4. The van der Waals surface area contributed by atoms with Crippen LogP contribution in [-0.4, -0.2) is 11.5 Å². The Bertz CT molecular complexity index is 686. The number of anilines is 1. The molecular weight excluding hydrogens is 359 g/mol. The molecule has 0 aliphatic heterocycles. The predicted molar refractivity (Wildman–Crippen MR) is 90.3 cm³/mol. The molecule has 0 fully saturated rings. The summed E-state index contributed by atoms with van der Waals surface area (Å²) in [5.74, 6) is 0. The van der Waals surface area contributed by atoms with Crippen molar-refractivity contribution in [3.05, 3.63) is 31.8 Å². The number of hydrogen-bond donors (Lipinski definition) is 1. The van der Waals surface area contributed by atoms with Crippen LogP contribution in [0.3, 0.4) is 0 Å². The van der Waals surface area contributed by atoms with Crippen molar-refractivity contribution in [1.29, 1.82) is 0 Å². The van der Waals surface area contributed by atoms with Gasteiger partial charge in [-0.1, -0.05) is 23.2 Å². The van der Waals surface area contributed by atoms with Gasteiger partial charge in [-0.05, 0) is 60.2 Å². The molecule has 5 heteroatoms. The summed E-state index contributed by atoms with van der Waals surface area (Å²) in [6.45, 7) is 2.98. The fourth-order valence-electron chi connectivity index (χ4n) is 2.84. The van der Waals surface area contributed by atoms with E-state index in [9.17, 15) is 0 Å². The number of aromatic nitrogens is 1. The third-order valence-corrected chi connectivity index (χ3v) is 5.46. The lowest BCUT2D eigenvalue weighted by Crippen LogP contribution is -2.11. The smallest absolute Gasteiger partial charge is 0.0928 e. The van der Waals surface area contributed by atoms with E-state index in [2.05, 4.69) is 28.2 Å². The van der Waals surface area contributed by atoms with Crippen molar-refractivity contribution < 1.29 is 0 Å². The molecule has 1 aliphatic carbocycles. The molecule has 1 heterocycles. The van der Waals surface area contributed by atoms with E-state index in [1.54, 1.807) is 0 Å². The van der Waals surface area contributed by atoms with E-state index in [1.807, 2.05) is 6.07 Å². The molecule has 1 aromatic carbocycles. The largest absolute Gasteiger partial charge is 0.384 e. The molecule has 1 N–H and O–H groups in total. The predicted octanol–water partition coefficient (Wildman–Crippen LogP) is 5.61. The molecule has 2 aromatic rings. The lowest BCUT2D eigenvalue weighted by molar-refractivity contribution is 0.672. The van der Waals surface area contributed by atoms with Crippen molar-refractivity contribution in [2.75, 3.05) is 11.9 Å². The minimum Gasteiger partial charge on any atom is -0.384 e. The summed E-state index contributed by atoms with van der Waals surface area (Å²) >= 11 is 16.1. The molecule has 0 radical (unpaired) electrons. The van der Waals surface area contributed by atoms with Crippen LogP contribution >= 0.6 is 39.1 Å². The maximum atomic E-state index is 6.39. The number of halogens is 3. The molecule has 0 atom stereocenters. The Morgan fingerprint density at radius 2 is 2.00 bits per heavy atom. The number of fused-ring (bicyclic) bond motifs is 2. The Balaban J connectivity index is 2.39. The van der Waals surface area contributed by atoms with E-state index in [0.717, 1.165) is 34.8 Å². The van der Waals surface area contributed by atoms with Crippen LogP contribution in [0, 0.1) is 0 Å². The standard InChI is InChI=1S/C15H15BrCl2N2/c1-2-19-14-8-5-3-4-6-11(8)20-15-9(14)7-10(16)12(17)13(15)18/h7H,2-6H2,1H3,(H,19,20). The molecular formula is C15H15BrCl2N2. The summed E-state index contributed by atoms with van der Waals surface area (Å²) in [4.78, 5) is 4.78. The van der Waals surface area contributed by atoms with Crippen molar-refractivity contribution >= 4 is 55.7 Å². The van der Waals surface area contributed by atoms with Gasteiger partial charge >= 0.3 is 0 Å². The molecule has 0 spiro atoms. The number of benzene rings is 1. The van der Waals surface area contributed by atoms with Gasteiger partial charge in [0.25, 0.3) is 0 Å². The lowest BCUT2D eigenvalue weighted by atomic mass is 9.92. The van der Waals surface area contributed by atoms with E-state index in [-0.39, 0.29) is 0 Å². The fourth-order valence-corrected chi connectivity index (χ4v) is 3.77. The van der Waals surface area contributed by atoms with Crippen molar-refractivity contribution in [3.63, 3.8) is 0 Å². The van der Waals surface area contributed by atoms with Gasteiger partial charge in [-0.15, -0.1) is 0 Å². The summed E-state index contributed by atoms with van der Waals surface area (Å²) in [5, 5.41) is 5.60. The third kappa shape index (κ3) is 2.30. The summed E-state index contributed by atoms with van der Waals surface area (Å²) in [5.41, 5.74) is 4.49. The van der Waals surface area contributed by atoms with Gasteiger partial charge in [0.2, 0.25) is 0 Å². The molecule has 2 nitrogen and oxygen atoms in total. The Hall–Kier alpha value is -0.510. The lowest BCUT2D eigenvalue weighted by Gasteiger charge is -2.22. The minimum atomic E-state index is 0.531. The van der Waals surface area contributed by atoms with Gasteiger partial charge in [0, 0.05) is 27.8 Å². The first-order chi connectivity index (χ1) is 9.63. The molecule has 1 aliphatic rings. The van der Waals surface area contributed by atoms with Crippen LogP contribution < -0.4 is 5.32 Å². The molecule has 0 amide bonds. The monoisotopic (exact) mass is 372 g/mol. The number of hydrogen-bond acceptors (Lipinski definition) is 2. The average molecular weight is 374 g/mol. The normalized spacial score (nSPS) is 14.4. The zero-order valence-electron chi connectivity index (χ0n) is 11.2. The molecule has 106 valence electrons. The van der Waals surface area contributed by atoms with Gasteiger partial charge in [-0.2, -0.15) is 0 Å². The number of nitrogens with one attached hydrogen (secondary N) is 1. The second-order valence-corrected chi connectivity index (χ2v) is 6.64. The summed E-state index contributed by atoms with van der Waals surface area (Å²) in [6.07, 6.45) is 4.52. The molecule has 3 rings (SSSR count). The molecule has 0 bridgehead atoms. The van der Waals surface area contributed by atoms with Crippen LogP contribution in [0.4, 0.5) is 5.69 Å². The van der Waals surface area contributed by atoms with Crippen molar-refractivity contribution in [2.24, 2.45) is 0 Å². The quantitative estimate of drug-likeness (QED) is 0.691. The fraction of sp³-hybridized carbons (Fsp3) is 0.400. The van der Waals surface area contributed by atoms with Gasteiger partial charge in [0.05, 0.1) is 15.6 Å². The maximum absolute atomic E-state index is 6.39. The summed E-state index contributed by atoms with van der Waals surface area (Å²) < 4.78 is 0.813. The van der Waals surface area contributed by atoms with Gasteiger partial charge < -0.3 is 5.32 Å². The van der Waals surface area contributed by atoms with Crippen LogP contribution in [0.2, 0.25) is 10.0 Å². The Kier molecular flexibility index (Phi) is 4.11. The van der Waals surface area contributed by atoms with Crippen LogP contribution in [0.5, 0.6) is 0 Å². The van der Waals surface area contributed by atoms with E-state index in [0.29, 0.717) is 10.0 Å². The van der Waals surface area contributed by atoms with E-state index in [1.165, 1.54) is 29.8 Å². The number of nitrogens with zero attached hydrogens (tertiary/aromatic N) is 1.